The fraction of sp³-hybridized carbons (Fsp3) is 0.478. The molecule has 1 aromatic carbocycles. The number of carbonyl (C=O) groups excluding carboxylic acids is 1. The van der Waals surface area contributed by atoms with Crippen LogP contribution in [-0.2, 0) is 6.54 Å². The molecule has 0 radical (unpaired) electrons. The second kappa shape index (κ2) is 9.27. The van der Waals surface area contributed by atoms with E-state index in [4.69, 9.17) is 4.42 Å². The molecule has 2 aromatic rings. The van der Waals surface area contributed by atoms with E-state index in [0.717, 1.165) is 38.0 Å². The highest BCUT2D eigenvalue weighted by molar-refractivity contribution is 5.95. The second-order valence-electron chi connectivity index (χ2n) is 7.92. The Balaban J connectivity index is 1.65. The van der Waals surface area contributed by atoms with Crippen LogP contribution in [0.5, 0.6) is 5.75 Å². The molecular formula is C23H30N2O4. The van der Waals surface area contributed by atoms with Gasteiger partial charge in [0.1, 0.15) is 17.1 Å². The number of hydrogen-bond donors (Lipinski definition) is 1. The predicted molar refractivity (Wildman–Crippen MR) is 112 cm³/mol. The van der Waals surface area contributed by atoms with E-state index in [9.17, 15) is 14.7 Å². The Morgan fingerprint density at radius 1 is 1.21 bits per heavy atom. The van der Waals surface area contributed by atoms with Crippen LogP contribution in [0.4, 0.5) is 0 Å². The topological polar surface area (TPSA) is 74.0 Å². The molecule has 1 unspecified atom stereocenters. The van der Waals surface area contributed by atoms with Crippen molar-refractivity contribution in [3.8, 4) is 5.75 Å². The minimum atomic E-state index is -0.532. The van der Waals surface area contributed by atoms with Crippen molar-refractivity contribution in [2.75, 3.05) is 26.2 Å². The Bertz CT molecular complexity index is 913. The minimum absolute atomic E-state index is 0.152. The molecule has 0 saturated carbocycles. The third-order valence-electron chi connectivity index (χ3n) is 5.57. The third-order valence-corrected chi connectivity index (χ3v) is 5.57. The van der Waals surface area contributed by atoms with E-state index in [1.165, 1.54) is 0 Å². The minimum Gasteiger partial charge on any atom is -0.508 e. The van der Waals surface area contributed by atoms with Crippen LogP contribution in [0, 0.1) is 6.92 Å². The van der Waals surface area contributed by atoms with Crippen LogP contribution in [0.1, 0.15) is 59.9 Å². The zero-order valence-electron chi connectivity index (χ0n) is 17.5. The number of rotatable bonds is 6. The van der Waals surface area contributed by atoms with Gasteiger partial charge in [-0.1, -0.05) is 32.4 Å². The molecule has 1 aliphatic heterocycles. The molecule has 1 atom stereocenters. The maximum absolute atomic E-state index is 13.0. The van der Waals surface area contributed by atoms with Crippen LogP contribution in [0.15, 0.2) is 39.5 Å². The highest BCUT2D eigenvalue weighted by Crippen LogP contribution is 2.22. The Hall–Kier alpha value is -2.60. The molecular weight excluding hydrogens is 368 g/mol. The number of amides is 1. The van der Waals surface area contributed by atoms with Gasteiger partial charge in [-0.3, -0.25) is 9.69 Å². The van der Waals surface area contributed by atoms with Gasteiger partial charge < -0.3 is 14.4 Å². The summed E-state index contributed by atoms with van der Waals surface area (Å²) in [5.41, 5.74) is 1.35. The molecule has 0 bridgehead atoms. The van der Waals surface area contributed by atoms with Gasteiger partial charge in [-0.2, -0.15) is 0 Å². The summed E-state index contributed by atoms with van der Waals surface area (Å²) in [4.78, 5) is 29.5. The fourth-order valence-corrected chi connectivity index (χ4v) is 3.89. The molecule has 29 heavy (non-hydrogen) atoms. The van der Waals surface area contributed by atoms with E-state index in [1.54, 1.807) is 17.0 Å². The van der Waals surface area contributed by atoms with Crippen LogP contribution >= 0.6 is 0 Å². The van der Waals surface area contributed by atoms with Crippen LogP contribution in [0.25, 0.3) is 0 Å². The van der Waals surface area contributed by atoms with Gasteiger partial charge in [0.15, 0.2) is 0 Å². The summed E-state index contributed by atoms with van der Waals surface area (Å²) in [6.45, 7) is 9.23. The summed E-state index contributed by atoms with van der Waals surface area (Å²) < 4.78 is 5.49. The van der Waals surface area contributed by atoms with Crippen molar-refractivity contribution in [3.63, 3.8) is 0 Å². The lowest BCUT2D eigenvalue weighted by Crippen LogP contribution is -2.49. The number of hydrogen-bond acceptors (Lipinski definition) is 5. The number of piperazine rings is 1. The standard InChI is InChI=1S/C23H30N2O4/c1-4-6-16(2)20-13-17(3)21(23(28)29-20)22(27)25-11-9-24(10-12-25)15-18-7-5-8-19(26)14-18/h5,7-8,13-14,16,26H,4,6,9-12,15H2,1-3H3. The highest BCUT2D eigenvalue weighted by atomic mass is 16.4. The first-order chi connectivity index (χ1) is 13.9. The first-order valence-corrected chi connectivity index (χ1v) is 10.3. The van der Waals surface area contributed by atoms with E-state index in [2.05, 4.69) is 11.8 Å². The second-order valence-corrected chi connectivity index (χ2v) is 7.92. The van der Waals surface area contributed by atoms with Gasteiger partial charge in [-0.15, -0.1) is 0 Å². The monoisotopic (exact) mass is 398 g/mol. The van der Waals surface area contributed by atoms with Crippen molar-refractivity contribution in [1.29, 1.82) is 0 Å². The van der Waals surface area contributed by atoms with Crippen LogP contribution in [0.3, 0.4) is 0 Å². The number of aryl methyl sites for hydroxylation is 1. The van der Waals surface area contributed by atoms with E-state index in [-0.39, 0.29) is 23.1 Å². The molecule has 1 amide bonds. The first kappa shape index (κ1) is 21.1. The molecule has 6 nitrogen and oxygen atoms in total. The van der Waals surface area contributed by atoms with Crippen molar-refractivity contribution >= 4 is 5.91 Å². The molecule has 1 aromatic heterocycles. The average molecular weight is 399 g/mol. The van der Waals surface area contributed by atoms with Gasteiger partial charge >= 0.3 is 5.63 Å². The Labute approximate surface area is 171 Å². The zero-order chi connectivity index (χ0) is 21.0. The van der Waals surface area contributed by atoms with E-state index >= 15 is 0 Å². The van der Waals surface area contributed by atoms with Gasteiger partial charge in [0.25, 0.3) is 5.91 Å². The Kier molecular flexibility index (Phi) is 6.75. The molecule has 6 heteroatoms. The summed E-state index contributed by atoms with van der Waals surface area (Å²) >= 11 is 0. The van der Waals surface area contributed by atoms with Gasteiger partial charge in [0.05, 0.1) is 0 Å². The maximum atomic E-state index is 13.0. The lowest BCUT2D eigenvalue weighted by Gasteiger charge is -2.34. The van der Waals surface area contributed by atoms with Gasteiger partial charge in [0, 0.05) is 38.6 Å². The highest BCUT2D eigenvalue weighted by Gasteiger charge is 2.27. The zero-order valence-corrected chi connectivity index (χ0v) is 17.5. The summed E-state index contributed by atoms with van der Waals surface area (Å²) in [6, 6.07) is 9.06. The Morgan fingerprint density at radius 2 is 1.93 bits per heavy atom. The van der Waals surface area contributed by atoms with Gasteiger partial charge in [0.2, 0.25) is 0 Å². The van der Waals surface area contributed by atoms with Crippen molar-refractivity contribution in [3.05, 3.63) is 63.2 Å². The van der Waals surface area contributed by atoms with Crippen molar-refractivity contribution in [2.45, 2.75) is 46.1 Å². The predicted octanol–water partition coefficient (Wildman–Crippen LogP) is 3.52. The maximum Gasteiger partial charge on any atom is 0.349 e. The number of carbonyl (C=O) groups is 1. The number of phenolic OH excluding ortho intramolecular Hbond substituents is 1. The van der Waals surface area contributed by atoms with Crippen LogP contribution in [0.2, 0.25) is 0 Å². The largest absolute Gasteiger partial charge is 0.508 e. The lowest BCUT2D eigenvalue weighted by atomic mass is 10.00. The van der Waals surface area contributed by atoms with Gasteiger partial charge in [-0.05, 0) is 42.7 Å². The summed E-state index contributed by atoms with van der Waals surface area (Å²) in [5.74, 6) is 0.830. The van der Waals surface area contributed by atoms with E-state index in [0.29, 0.717) is 24.4 Å². The molecule has 1 aliphatic rings. The number of benzene rings is 1. The third kappa shape index (κ3) is 5.07. The smallest absolute Gasteiger partial charge is 0.349 e. The molecule has 1 N–H and O–H groups in total. The number of aromatic hydroxyl groups is 1. The SMILES string of the molecule is CCCC(C)c1cc(C)c(C(=O)N2CCN(Cc3cccc(O)c3)CC2)c(=O)o1. The van der Waals surface area contributed by atoms with E-state index < -0.39 is 5.63 Å². The van der Waals surface area contributed by atoms with Crippen molar-refractivity contribution in [2.24, 2.45) is 0 Å². The molecule has 1 fully saturated rings. The summed E-state index contributed by atoms with van der Waals surface area (Å²) in [6.07, 6.45) is 1.95. The molecule has 156 valence electrons. The summed E-state index contributed by atoms with van der Waals surface area (Å²) in [7, 11) is 0. The number of phenols is 1. The van der Waals surface area contributed by atoms with Gasteiger partial charge in [-0.25, -0.2) is 4.79 Å². The summed E-state index contributed by atoms with van der Waals surface area (Å²) in [5, 5.41) is 9.61. The van der Waals surface area contributed by atoms with Crippen molar-refractivity contribution in [1.82, 2.24) is 9.80 Å². The lowest BCUT2D eigenvalue weighted by molar-refractivity contribution is 0.0622. The van der Waals surface area contributed by atoms with E-state index in [1.807, 2.05) is 32.0 Å². The van der Waals surface area contributed by atoms with Crippen molar-refractivity contribution < 1.29 is 14.3 Å². The average Bonchev–Trinajstić information content (AvgIpc) is 2.68. The Morgan fingerprint density at radius 3 is 2.55 bits per heavy atom. The molecule has 2 heterocycles. The number of nitrogens with zero attached hydrogens (tertiary/aromatic N) is 2. The molecule has 0 spiro atoms. The molecule has 0 aliphatic carbocycles. The van der Waals surface area contributed by atoms with Crippen LogP contribution in [-0.4, -0.2) is 47.0 Å². The fourth-order valence-electron chi connectivity index (χ4n) is 3.89. The van der Waals surface area contributed by atoms with Crippen LogP contribution < -0.4 is 5.63 Å². The quantitative estimate of drug-likeness (QED) is 0.806. The first-order valence-electron chi connectivity index (χ1n) is 10.3. The normalized spacial score (nSPS) is 16.0. The molecule has 1 saturated heterocycles. The molecule has 3 rings (SSSR count).